The van der Waals surface area contributed by atoms with Crippen LogP contribution in [0.25, 0.3) is 0 Å². The van der Waals surface area contributed by atoms with Gasteiger partial charge in [-0.2, -0.15) is 0 Å². The average molecular weight is 258 g/mol. The molecule has 1 aliphatic carbocycles. The van der Waals surface area contributed by atoms with Crippen LogP contribution in [0.1, 0.15) is 40.0 Å². The molecule has 108 valence electrons. The smallest absolute Gasteiger partial charge is 0.158 e. The highest BCUT2D eigenvalue weighted by molar-refractivity contribution is 4.85. The van der Waals surface area contributed by atoms with Gasteiger partial charge in [0, 0.05) is 44.8 Å². The van der Waals surface area contributed by atoms with E-state index in [0.29, 0.717) is 19.3 Å². The van der Waals surface area contributed by atoms with Gasteiger partial charge in [0.25, 0.3) is 0 Å². The monoisotopic (exact) mass is 258 g/mol. The normalized spacial score (nSPS) is 17.7. The van der Waals surface area contributed by atoms with E-state index in [1.54, 1.807) is 0 Å². The maximum absolute atomic E-state index is 5.51. The van der Waals surface area contributed by atoms with E-state index in [9.17, 15) is 0 Å². The molecule has 0 amide bonds. The molecule has 1 rings (SSSR count). The van der Waals surface area contributed by atoms with Crippen molar-refractivity contribution >= 4 is 0 Å². The molecule has 1 fully saturated rings. The molecule has 0 bridgehead atoms. The summed E-state index contributed by atoms with van der Waals surface area (Å²) in [6.07, 6.45) is 3.61. The molecule has 0 aromatic rings. The average Bonchev–Trinajstić information content (AvgIpc) is 3.18. The molecule has 0 saturated heterocycles. The van der Waals surface area contributed by atoms with Crippen molar-refractivity contribution in [1.82, 2.24) is 10.2 Å². The Morgan fingerprint density at radius 3 is 2.33 bits per heavy atom. The third-order valence-corrected chi connectivity index (χ3v) is 3.52. The molecule has 0 aromatic carbocycles. The van der Waals surface area contributed by atoms with Gasteiger partial charge in [-0.1, -0.05) is 0 Å². The van der Waals surface area contributed by atoms with Crippen LogP contribution in [0, 0.1) is 0 Å². The van der Waals surface area contributed by atoms with Crippen molar-refractivity contribution in [3.8, 4) is 0 Å². The Bertz CT molecular complexity index is 200. The Morgan fingerprint density at radius 2 is 1.83 bits per heavy atom. The zero-order chi connectivity index (χ0) is 13.4. The van der Waals surface area contributed by atoms with Crippen LogP contribution in [0.3, 0.4) is 0 Å². The molecule has 4 nitrogen and oxygen atoms in total. The quantitative estimate of drug-likeness (QED) is 0.453. The van der Waals surface area contributed by atoms with Gasteiger partial charge in [-0.15, -0.1) is 0 Å². The largest absolute Gasteiger partial charge is 0.353 e. The number of ether oxygens (including phenoxy) is 2. The minimum Gasteiger partial charge on any atom is -0.353 e. The van der Waals surface area contributed by atoms with Crippen LogP contribution in [0.2, 0.25) is 0 Å². The maximum Gasteiger partial charge on any atom is 0.158 e. The summed E-state index contributed by atoms with van der Waals surface area (Å²) < 4.78 is 11.0. The number of nitrogens with zero attached hydrogens (tertiary/aromatic N) is 1. The van der Waals surface area contributed by atoms with Crippen LogP contribution in [-0.2, 0) is 9.47 Å². The second kappa shape index (κ2) is 8.86. The minimum absolute atomic E-state index is 0.0519. The standard InChI is InChI=1S/C14H30N2O2/c1-5-17-14(18-6-2)9-10-15-11-12(3)16(4)13-7-8-13/h12-15H,5-11H2,1-4H3. The summed E-state index contributed by atoms with van der Waals surface area (Å²) >= 11 is 0. The second-order valence-corrected chi connectivity index (χ2v) is 5.08. The SMILES string of the molecule is CCOC(CCNCC(C)N(C)C1CC1)OCC. The summed E-state index contributed by atoms with van der Waals surface area (Å²) in [6.45, 7) is 9.72. The van der Waals surface area contributed by atoms with Gasteiger partial charge in [-0.05, 0) is 40.7 Å². The lowest BCUT2D eigenvalue weighted by Gasteiger charge is -2.25. The van der Waals surface area contributed by atoms with E-state index in [-0.39, 0.29) is 6.29 Å². The molecule has 1 N–H and O–H groups in total. The lowest BCUT2D eigenvalue weighted by atomic mass is 10.3. The van der Waals surface area contributed by atoms with E-state index < -0.39 is 0 Å². The molecule has 1 saturated carbocycles. The van der Waals surface area contributed by atoms with Crippen LogP contribution in [0.4, 0.5) is 0 Å². The van der Waals surface area contributed by atoms with Gasteiger partial charge >= 0.3 is 0 Å². The molecule has 0 radical (unpaired) electrons. The van der Waals surface area contributed by atoms with E-state index in [1.165, 1.54) is 12.8 Å². The van der Waals surface area contributed by atoms with Gasteiger partial charge in [0.05, 0.1) is 0 Å². The van der Waals surface area contributed by atoms with Crippen molar-refractivity contribution in [2.75, 3.05) is 33.4 Å². The second-order valence-electron chi connectivity index (χ2n) is 5.08. The summed E-state index contributed by atoms with van der Waals surface area (Å²) in [7, 11) is 2.23. The lowest BCUT2D eigenvalue weighted by Crippen LogP contribution is -2.40. The Hall–Kier alpha value is -0.160. The molecule has 1 aliphatic rings. The van der Waals surface area contributed by atoms with E-state index in [0.717, 1.165) is 25.6 Å². The zero-order valence-corrected chi connectivity index (χ0v) is 12.4. The first-order valence-corrected chi connectivity index (χ1v) is 7.34. The highest BCUT2D eigenvalue weighted by Crippen LogP contribution is 2.26. The van der Waals surface area contributed by atoms with Crippen LogP contribution in [0.5, 0.6) is 0 Å². The van der Waals surface area contributed by atoms with Gasteiger partial charge in [-0.3, -0.25) is 4.90 Å². The van der Waals surface area contributed by atoms with E-state index >= 15 is 0 Å². The van der Waals surface area contributed by atoms with Crippen LogP contribution in [-0.4, -0.2) is 56.6 Å². The van der Waals surface area contributed by atoms with E-state index in [1.807, 2.05) is 13.8 Å². The van der Waals surface area contributed by atoms with Gasteiger partial charge in [0.1, 0.15) is 0 Å². The predicted molar refractivity (Wildman–Crippen MR) is 74.8 cm³/mol. The molecule has 0 heterocycles. The van der Waals surface area contributed by atoms with Gasteiger partial charge in [0.2, 0.25) is 0 Å². The Kier molecular flexibility index (Phi) is 7.82. The number of rotatable bonds is 11. The highest BCUT2D eigenvalue weighted by Gasteiger charge is 2.28. The van der Waals surface area contributed by atoms with Crippen LogP contribution >= 0.6 is 0 Å². The first kappa shape index (κ1) is 15.9. The third-order valence-electron chi connectivity index (χ3n) is 3.52. The lowest BCUT2D eigenvalue weighted by molar-refractivity contribution is -0.138. The van der Waals surface area contributed by atoms with Crippen molar-refractivity contribution in [3.63, 3.8) is 0 Å². The number of likely N-dealkylation sites (N-methyl/N-ethyl adjacent to an activating group) is 1. The highest BCUT2D eigenvalue weighted by atomic mass is 16.7. The van der Waals surface area contributed by atoms with Crippen molar-refractivity contribution in [2.24, 2.45) is 0 Å². The molecule has 18 heavy (non-hydrogen) atoms. The molecule has 0 aliphatic heterocycles. The first-order chi connectivity index (χ1) is 8.69. The van der Waals surface area contributed by atoms with E-state index in [4.69, 9.17) is 9.47 Å². The van der Waals surface area contributed by atoms with Crippen molar-refractivity contribution in [2.45, 2.75) is 58.4 Å². The van der Waals surface area contributed by atoms with Gasteiger partial charge in [-0.25, -0.2) is 0 Å². The van der Waals surface area contributed by atoms with Gasteiger partial charge < -0.3 is 14.8 Å². The van der Waals surface area contributed by atoms with Crippen molar-refractivity contribution < 1.29 is 9.47 Å². The summed E-state index contributed by atoms with van der Waals surface area (Å²) in [5.74, 6) is 0. The number of nitrogens with one attached hydrogen (secondary N) is 1. The summed E-state index contributed by atoms with van der Waals surface area (Å²) in [5.41, 5.74) is 0. The van der Waals surface area contributed by atoms with Crippen molar-refractivity contribution in [1.29, 1.82) is 0 Å². The molecular formula is C14H30N2O2. The van der Waals surface area contributed by atoms with Crippen molar-refractivity contribution in [3.05, 3.63) is 0 Å². The molecule has 0 aromatic heterocycles. The topological polar surface area (TPSA) is 33.7 Å². The fourth-order valence-electron chi connectivity index (χ4n) is 2.10. The summed E-state index contributed by atoms with van der Waals surface area (Å²) in [6, 6.07) is 1.44. The van der Waals surface area contributed by atoms with Crippen LogP contribution < -0.4 is 5.32 Å². The first-order valence-electron chi connectivity index (χ1n) is 7.34. The number of hydrogen-bond donors (Lipinski definition) is 1. The molecule has 0 spiro atoms. The van der Waals surface area contributed by atoms with Gasteiger partial charge in [0.15, 0.2) is 6.29 Å². The fraction of sp³-hybridized carbons (Fsp3) is 1.00. The molecular weight excluding hydrogens is 228 g/mol. The minimum atomic E-state index is -0.0519. The van der Waals surface area contributed by atoms with Crippen LogP contribution in [0.15, 0.2) is 0 Å². The molecule has 1 unspecified atom stereocenters. The molecule has 1 atom stereocenters. The Morgan fingerprint density at radius 1 is 1.22 bits per heavy atom. The number of hydrogen-bond acceptors (Lipinski definition) is 4. The fourth-order valence-corrected chi connectivity index (χ4v) is 2.10. The Labute approximate surface area is 112 Å². The Balaban J connectivity index is 2.04. The maximum atomic E-state index is 5.51. The van der Waals surface area contributed by atoms with E-state index in [2.05, 4.69) is 24.2 Å². The predicted octanol–water partition coefficient (Wildman–Crippen LogP) is 1.85. The zero-order valence-electron chi connectivity index (χ0n) is 12.4. The molecule has 4 heteroatoms. The summed E-state index contributed by atoms with van der Waals surface area (Å²) in [5, 5.41) is 3.49. The summed E-state index contributed by atoms with van der Waals surface area (Å²) in [4.78, 5) is 2.48. The third kappa shape index (κ3) is 6.14.